The summed E-state index contributed by atoms with van der Waals surface area (Å²) in [4.78, 5) is 60.6. The van der Waals surface area contributed by atoms with E-state index in [1.54, 1.807) is 0 Å². The Balaban J connectivity index is 0.000000360. The molecule has 0 saturated carbocycles. The molecule has 6 fully saturated rings. The topological polar surface area (TPSA) is 213 Å². The third-order valence-electron chi connectivity index (χ3n) is 6.49. The van der Waals surface area contributed by atoms with Gasteiger partial charge in [0, 0.05) is 13.8 Å². The van der Waals surface area contributed by atoms with Crippen LogP contribution in [-0.4, -0.2) is 119 Å². The number of ether oxygens (including phenoxy) is 12. The van der Waals surface area contributed by atoms with Crippen LogP contribution in [0.1, 0.15) is 41.0 Å². The number of hydrogen-bond acceptors (Lipinski definition) is 18. The molecule has 0 radical (unpaired) electrons. The number of halogens is 16. The molecule has 0 aromatic rings. The highest BCUT2D eigenvalue weighted by atomic mass is 35.5. The standard InChI is InChI=1S/C5H5F3O3.2C5H6F2O3.C4H3F3O3.C4H4F2O3.C3Cl4O3/c1-2-3(5(6,7)8)11-4(9)10-2;1-4(6)5(2,7)10-3(8)9-4;1-2-3-5(6,7)10-4(8)9-3;5-4(6,7)2-1-9-3(8)10-2;1-2-4(5,6)9-3(7)8-2;4-2(5)3(6,7)10-1(8)9-2/h2-3H,1H3;1-2H3;3H,2H2,1H3;2H,1H2;2H,1H3;. The second-order valence-corrected chi connectivity index (χ2v) is 13.8. The van der Waals surface area contributed by atoms with Gasteiger partial charge in [-0.25, -0.2) is 28.8 Å². The average Bonchev–Trinajstić information content (AvgIpc) is 3.81. The molecule has 0 N–H and O–H groups in total. The zero-order valence-corrected chi connectivity index (χ0v) is 32.7. The van der Waals surface area contributed by atoms with Crippen LogP contribution in [0.25, 0.3) is 0 Å². The lowest BCUT2D eigenvalue weighted by atomic mass is 10.2. The predicted octanol–water partition coefficient (Wildman–Crippen LogP) is 9.16. The summed E-state index contributed by atoms with van der Waals surface area (Å²) in [5.41, 5.74) is 0. The van der Waals surface area contributed by atoms with Crippen LogP contribution in [0.15, 0.2) is 0 Å². The highest BCUT2D eigenvalue weighted by Crippen LogP contribution is 2.49. The molecular weight excluding hydrogens is 970 g/mol. The fraction of sp³-hybridized carbons (Fsp3) is 0.769. The van der Waals surface area contributed by atoms with Gasteiger partial charge in [0.25, 0.3) is 0 Å². The monoisotopic (exact) mass is 992 g/mol. The Kier molecular flexibility index (Phi) is 17.4. The Labute approximate surface area is 344 Å². The lowest BCUT2D eigenvalue weighted by Gasteiger charge is -2.19. The van der Waals surface area contributed by atoms with Gasteiger partial charge in [0.05, 0.1) is 0 Å². The third-order valence-corrected chi connectivity index (χ3v) is 8.25. The molecule has 6 aliphatic rings. The minimum Gasteiger partial charge on any atom is -0.430 e. The summed E-state index contributed by atoms with van der Waals surface area (Å²) in [7, 11) is 0. The van der Waals surface area contributed by atoms with E-state index in [0.29, 0.717) is 0 Å². The maximum absolute atomic E-state index is 12.7. The largest absolute Gasteiger partial charge is 0.514 e. The van der Waals surface area contributed by atoms with Gasteiger partial charge in [0.1, 0.15) is 12.7 Å². The molecule has 18 nitrogen and oxygen atoms in total. The number of hydrogen-bond donors (Lipinski definition) is 0. The molecule has 0 aromatic heterocycles. The van der Waals surface area contributed by atoms with E-state index in [2.05, 4.69) is 56.8 Å². The first kappa shape index (κ1) is 54.0. The van der Waals surface area contributed by atoms with Crippen molar-refractivity contribution in [2.45, 2.75) is 117 Å². The first-order valence-electron chi connectivity index (χ1n) is 15.1. The number of rotatable bonds is 1. The zero-order chi connectivity index (χ0) is 47.3. The van der Waals surface area contributed by atoms with Gasteiger partial charge in [-0.3, -0.25) is 0 Å². The molecule has 6 aliphatic heterocycles. The van der Waals surface area contributed by atoms with Gasteiger partial charge in [-0.2, -0.15) is 52.7 Å². The van der Waals surface area contributed by atoms with Gasteiger partial charge in [-0.1, -0.05) is 6.92 Å². The van der Waals surface area contributed by atoms with E-state index in [9.17, 15) is 81.5 Å². The fourth-order valence-electron chi connectivity index (χ4n) is 3.27. The molecule has 348 valence electrons. The average molecular weight is 994 g/mol. The number of carbonyl (C=O) groups is 6. The highest BCUT2D eigenvalue weighted by Gasteiger charge is 2.62. The van der Waals surface area contributed by atoms with Crippen LogP contribution < -0.4 is 0 Å². The lowest BCUT2D eigenvalue weighted by Crippen LogP contribution is -2.39. The van der Waals surface area contributed by atoms with Crippen molar-refractivity contribution in [1.82, 2.24) is 0 Å². The second-order valence-electron chi connectivity index (χ2n) is 11.2. The van der Waals surface area contributed by atoms with Crippen LogP contribution in [-0.2, 0) is 56.8 Å². The first-order chi connectivity index (χ1) is 26.7. The van der Waals surface area contributed by atoms with Crippen LogP contribution in [0.2, 0.25) is 0 Å². The number of cyclic esters (lactones) is 12. The second kappa shape index (κ2) is 19.3. The summed E-state index contributed by atoms with van der Waals surface area (Å²) in [6.45, 7) is 4.52. The Morgan fingerprint density at radius 2 is 0.983 bits per heavy atom. The van der Waals surface area contributed by atoms with Crippen LogP contribution in [0, 0.1) is 0 Å². The van der Waals surface area contributed by atoms with Crippen LogP contribution >= 0.6 is 46.4 Å². The van der Waals surface area contributed by atoms with E-state index in [1.165, 1.54) is 6.92 Å². The van der Waals surface area contributed by atoms with Crippen molar-refractivity contribution >= 4 is 83.3 Å². The summed E-state index contributed by atoms with van der Waals surface area (Å²) in [6.07, 6.45) is -31.8. The summed E-state index contributed by atoms with van der Waals surface area (Å²) in [5, 5.41) is 0. The van der Waals surface area contributed by atoms with Gasteiger partial charge in [-0.15, -0.1) is 0 Å². The highest BCUT2D eigenvalue weighted by molar-refractivity contribution is 6.61. The minimum atomic E-state index is -4.54. The Morgan fingerprint density at radius 3 is 1.13 bits per heavy atom. The van der Waals surface area contributed by atoms with Crippen LogP contribution in [0.3, 0.4) is 0 Å². The van der Waals surface area contributed by atoms with E-state index in [1.807, 2.05) is 0 Å². The van der Waals surface area contributed by atoms with Gasteiger partial charge in [-0.05, 0) is 66.7 Å². The van der Waals surface area contributed by atoms with Crippen LogP contribution in [0.5, 0.6) is 0 Å². The smallest absolute Gasteiger partial charge is 0.430 e. The quantitative estimate of drug-likeness (QED) is 0.104. The van der Waals surface area contributed by atoms with Crippen molar-refractivity contribution in [3.63, 3.8) is 0 Å². The summed E-state index contributed by atoms with van der Waals surface area (Å²) >= 11 is 21.2. The number of alkyl halides is 16. The predicted molar refractivity (Wildman–Crippen MR) is 161 cm³/mol. The van der Waals surface area contributed by atoms with Gasteiger partial charge in [0.2, 0.25) is 24.4 Å². The molecule has 0 amide bonds. The third kappa shape index (κ3) is 15.4. The van der Waals surface area contributed by atoms with Crippen molar-refractivity contribution in [2.75, 3.05) is 6.61 Å². The van der Waals surface area contributed by atoms with Gasteiger partial charge < -0.3 is 56.8 Å². The molecule has 60 heavy (non-hydrogen) atoms. The molecule has 6 heterocycles. The van der Waals surface area contributed by atoms with E-state index >= 15 is 0 Å². The van der Waals surface area contributed by atoms with Crippen LogP contribution in [0.4, 0.5) is 81.5 Å². The molecule has 0 aliphatic carbocycles. The normalized spacial score (nSPS) is 32.0. The molecule has 6 rings (SSSR count). The maximum Gasteiger partial charge on any atom is 0.514 e. The van der Waals surface area contributed by atoms with Crippen molar-refractivity contribution in [3.8, 4) is 0 Å². The summed E-state index contributed by atoms with van der Waals surface area (Å²) in [5.74, 6) is -5.35. The Bertz CT molecular complexity index is 1500. The minimum absolute atomic E-state index is 0.0543. The van der Waals surface area contributed by atoms with E-state index < -0.39 is 119 Å². The van der Waals surface area contributed by atoms with E-state index in [4.69, 9.17) is 46.4 Å². The lowest BCUT2D eigenvalue weighted by molar-refractivity contribution is -0.201. The SMILES string of the molecule is CC1(F)OC(=O)OC1(C)F.CC1OC(=O)OC1(F)F.CC1OC(=O)OC1C(F)(F)F.CCC1OC(=O)OC1(F)F.O=C1OC(Cl)(Cl)C(Cl)(Cl)O1.O=C1OCC(C(F)(F)F)O1. The summed E-state index contributed by atoms with van der Waals surface area (Å²) < 4.78 is 187. The van der Waals surface area contributed by atoms with Gasteiger partial charge >= 0.3 is 82.3 Å². The molecule has 0 aromatic carbocycles. The Morgan fingerprint density at radius 1 is 0.550 bits per heavy atom. The van der Waals surface area contributed by atoms with Crippen molar-refractivity contribution in [3.05, 3.63) is 0 Å². The molecule has 0 spiro atoms. The van der Waals surface area contributed by atoms with E-state index in [-0.39, 0.29) is 6.42 Å². The molecular formula is C26H24Cl4F12O18. The van der Waals surface area contributed by atoms with Crippen molar-refractivity contribution in [1.29, 1.82) is 0 Å². The van der Waals surface area contributed by atoms with E-state index in [0.717, 1.165) is 27.7 Å². The first-order valence-corrected chi connectivity index (χ1v) is 16.6. The number of carbonyl (C=O) groups excluding carboxylic acids is 6. The zero-order valence-electron chi connectivity index (χ0n) is 29.7. The summed E-state index contributed by atoms with van der Waals surface area (Å²) in [6, 6.07) is 0. The molecule has 7 unspecified atom stereocenters. The van der Waals surface area contributed by atoms with Gasteiger partial charge in [0.15, 0.2) is 0 Å². The van der Waals surface area contributed by atoms with Crippen molar-refractivity contribution in [2.24, 2.45) is 0 Å². The molecule has 6 saturated heterocycles. The molecule has 0 bridgehead atoms. The van der Waals surface area contributed by atoms with Crippen molar-refractivity contribution < 1.29 is 138 Å². The maximum atomic E-state index is 12.7. The molecule has 34 heteroatoms. The molecule has 7 atom stereocenters. The fourth-order valence-corrected chi connectivity index (χ4v) is 3.67. The Hall–Kier alpha value is -4.06.